The highest BCUT2D eigenvalue weighted by molar-refractivity contribution is 5.88. The number of carboxylic acids is 1. The SMILES string of the molecule is CC(C)(NC(=O)C1C2CCC(C2)C1N)C(=O)O. The second-order valence-electron chi connectivity index (χ2n) is 5.86. The van der Waals surface area contributed by atoms with Crippen molar-refractivity contribution in [3.05, 3.63) is 0 Å². The Balaban J connectivity index is 2.04. The first kappa shape index (κ1) is 12.4. The van der Waals surface area contributed by atoms with Crippen LogP contribution in [0.15, 0.2) is 0 Å². The van der Waals surface area contributed by atoms with Gasteiger partial charge in [-0.1, -0.05) is 0 Å². The number of hydrogen-bond donors (Lipinski definition) is 3. The van der Waals surface area contributed by atoms with Gasteiger partial charge < -0.3 is 16.2 Å². The monoisotopic (exact) mass is 240 g/mol. The maximum atomic E-state index is 12.1. The van der Waals surface area contributed by atoms with Crippen molar-refractivity contribution in [2.24, 2.45) is 23.5 Å². The maximum Gasteiger partial charge on any atom is 0.328 e. The third-order valence-corrected chi connectivity index (χ3v) is 4.25. The van der Waals surface area contributed by atoms with E-state index in [9.17, 15) is 9.59 Å². The summed E-state index contributed by atoms with van der Waals surface area (Å²) < 4.78 is 0. The molecular formula is C12H20N2O3. The molecule has 0 radical (unpaired) electrons. The lowest BCUT2D eigenvalue weighted by Crippen LogP contribution is -2.55. The average molecular weight is 240 g/mol. The van der Waals surface area contributed by atoms with E-state index in [1.54, 1.807) is 0 Å². The molecule has 0 aromatic heterocycles. The zero-order valence-electron chi connectivity index (χ0n) is 10.3. The fraction of sp³-hybridized carbons (Fsp3) is 0.833. The normalized spacial score (nSPS) is 35.9. The molecule has 2 fully saturated rings. The molecule has 2 aliphatic rings. The standard InChI is InChI=1S/C12H20N2O3/c1-12(2,11(16)17)14-10(15)8-6-3-4-7(5-6)9(8)13/h6-9H,3-5,13H2,1-2H3,(H,14,15)(H,16,17). The molecule has 4 unspecified atom stereocenters. The Kier molecular flexibility index (Phi) is 2.89. The Morgan fingerprint density at radius 2 is 1.88 bits per heavy atom. The number of nitrogens with one attached hydrogen (secondary N) is 1. The van der Waals surface area contributed by atoms with Crippen molar-refractivity contribution < 1.29 is 14.7 Å². The van der Waals surface area contributed by atoms with Crippen LogP contribution in [0.3, 0.4) is 0 Å². The highest BCUT2D eigenvalue weighted by atomic mass is 16.4. The van der Waals surface area contributed by atoms with Gasteiger partial charge in [0.05, 0.1) is 5.92 Å². The van der Waals surface area contributed by atoms with Gasteiger partial charge in [-0.2, -0.15) is 0 Å². The van der Waals surface area contributed by atoms with Gasteiger partial charge in [-0.15, -0.1) is 0 Å². The summed E-state index contributed by atoms with van der Waals surface area (Å²) in [5.74, 6) is -0.629. The molecule has 5 nitrogen and oxygen atoms in total. The lowest BCUT2D eigenvalue weighted by Gasteiger charge is -2.30. The fourth-order valence-corrected chi connectivity index (χ4v) is 3.17. The van der Waals surface area contributed by atoms with Crippen LogP contribution >= 0.6 is 0 Å². The number of rotatable bonds is 3. The molecule has 2 aliphatic carbocycles. The molecule has 96 valence electrons. The van der Waals surface area contributed by atoms with Gasteiger partial charge in [-0.05, 0) is 44.9 Å². The summed E-state index contributed by atoms with van der Waals surface area (Å²) in [6.45, 7) is 2.98. The van der Waals surface area contributed by atoms with Crippen molar-refractivity contribution in [1.29, 1.82) is 0 Å². The van der Waals surface area contributed by atoms with Gasteiger partial charge in [0.2, 0.25) is 5.91 Å². The van der Waals surface area contributed by atoms with Crippen LogP contribution in [0.1, 0.15) is 33.1 Å². The second kappa shape index (κ2) is 3.98. The van der Waals surface area contributed by atoms with Crippen molar-refractivity contribution in [1.82, 2.24) is 5.32 Å². The minimum absolute atomic E-state index is 0.0988. The van der Waals surface area contributed by atoms with Gasteiger partial charge in [0.25, 0.3) is 0 Å². The van der Waals surface area contributed by atoms with Gasteiger partial charge in [0.15, 0.2) is 0 Å². The molecule has 0 saturated heterocycles. The summed E-state index contributed by atoms with van der Waals surface area (Å²) in [5.41, 5.74) is 4.83. The molecule has 1 amide bonds. The van der Waals surface area contributed by atoms with E-state index < -0.39 is 11.5 Å². The van der Waals surface area contributed by atoms with E-state index in [2.05, 4.69) is 5.32 Å². The first-order valence-electron chi connectivity index (χ1n) is 6.14. The molecule has 2 rings (SSSR count). The van der Waals surface area contributed by atoms with E-state index in [0.717, 1.165) is 19.3 Å². The largest absolute Gasteiger partial charge is 0.480 e. The Bertz CT molecular complexity index is 352. The third kappa shape index (κ3) is 2.04. The zero-order valence-corrected chi connectivity index (χ0v) is 10.3. The first-order chi connectivity index (χ1) is 7.83. The second-order valence-corrected chi connectivity index (χ2v) is 5.86. The summed E-state index contributed by atoms with van der Waals surface area (Å²) in [6.07, 6.45) is 3.18. The molecule has 2 bridgehead atoms. The summed E-state index contributed by atoms with van der Waals surface area (Å²) in [4.78, 5) is 23.1. The van der Waals surface area contributed by atoms with Gasteiger partial charge in [0, 0.05) is 6.04 Å². The smallest absolute Gasteiger partial charge is 0.328 e. The number of aliphatic carboxylic acids is 1. The molecule has 4 atom stereocenters. The van der Waals surface area contributed by atoms with E-state index >= 15 is 0 Å². The molecule has 0 aromatic carbocycles. The Labute approximate surface area is 101 Å². The third-order valence-electron chi connectivity index (χ3n) is 4.25. The van der Waals surface area contributed by atoms with Crippen molar-refractivity contribution in [3.63, 3.8) is 0 Å². The number of fused-ring (bicyclic) bond motifs is 2. The van der Waals surface area contributed by atoms with Crippen molar-refractivity contribution in [2.45, 2.75) is 44.7 Å². The minimum atomic E-state index is -1.22. The van der Waals surface area contributed by atoms with Gasteiger partial charge in [0.1, 0.15) is 5.54 Å². The number of carbonyl (C=O) groups excluding carboxylic acids is 1. The molecule has 4 N–H and O–H groups in total. The fourth-order valence-electron chi connectivity index (χ4n) is 3.17. The lowest BCUT2D eigenvalue weighted by molar-refractivity contribution is -0.147. The predicted octanol–water partition coefficient (Wildman–Crippen LogP) is 0.339. The van der Waals surface area contributed by atoms with Crippen LogP contribution in [0.5, 0.6) is 0 Å². The maximum absolute atomic E-state index is 12.1. The van der Waals surface area contributed by atoms with Crippen LogP contribution in [0.4, 0.5) is 0 Å². The van der Waals surface area contributed by atoms with Crippen LogP contribution in [0, 0.1) is 17.8 Å². The van der Waals surface area contributed by atoms with E-state index in [0.29, 0.717) is 11.8 Å². The first-order valence-corrected chi connectivity index (χ1v) is 6.14. The van der Waals surface area contributed by atoms with Gasteiger partial charge >= 0.3 is 5.97 Å². The highest BCUT2D eigenvalue weighted by Crippen LogP contribution is 2.47. The summed E-state index contributed by atoms with van der Waals surface area (Å²) >= 11 is 0. The molecule has 0 aromatic rings. The molecule has 17 heavy (non-hydrogen) atoms. The minimum Gasteiger partial charge on any atom is -0.480 e. The summed E-state index contributed by atoms with van der Waals surface area (Å²) in [6, 6.07) is -0.0988. The molecule has 0 spiro atoms. The van der Waals surface area contributed by atoms with Crippen molar-refractivity contribution in [3.8, 4) is 0 Å². The molecule has 5 heteroatoms. The van der Waals surface area contributed by atoms with Crippen LogP contribution in [0.2, 0.25) is 0 Å². The topological polar surface area (TPSA) is 92.4 Å². The molecule has 0 aliphatic heterocycles. The van der Waals surface area contributed by atoms with Gasteiger partial charge in [-0.25, -0.2) is 4.79 Å². The number of hydrogen-bond acceptors (Lipinski definition) is 3. The Morgan fingerprint density at radius 3 is 2.35 bits per heavy atom. The van der Waals surface area contributed by atoms with Crippen LogP contribution < -0.4 is 11.1 Å². The number of carbonyl (C=O) groups is 2. The van der Waals surface area contributed by atoms with E-state index in [-0.39, 0.29) is 17.9 Å². The van der Waals surface area contributed by atoms with Crippen molar-refractivity contribution in [2.75, 3.05) is 0 Å². The highest BCUT2D eigenvalue weighted by Gasteiger charge is 2.50. The van der Waals surface area contributed by atoms with Crippen LogP contribution in [0.25, 0.3) is 0 Å². The summed E-state index contributed by atoms with van der Waals surface area (Å²) in [7, 11) is 0. The van der Waals surface area contributed by atoms with Gasteiger partial charge in [-0.3, -0.25) is 4.79 Å². The molecule has 2 saturated carbocycles. The van der Waals surface area contributed by atoms with E-state index in [4.69, 9.17) is 10.8 Å². The van der Waals surface area contributed by atoms with Crippen molar-refractivity contribution >= 4 is 11.9 Å². The Morgan fingerprint density at radius 1 is 1.29 bits per heavy atom. The number of amides is 1. The molecule has 0 heterocycles. The average Bonchev–Trinajstić information content (AvgIpc) is 2.76. The number of nitrogens with two attached hydrogens (primary N) is 1. The summed E-state index contributed by atoms with van der Waals surface area (Å²) in [5, 5.41) is 11.6. The predicted molar refractivity (Wildman–Crippen MR) is 62.2 cm³/mol. The zero-order chi connectivity index (χ0) is 12.8. The van der Waals surface area contributed by atoms with Crippen LogP contribution in [-0.4, -0.2) is 28.6 Å². The van der Waals surface area contributed by atoms with E-state index in [1.807, 2.05) is 0 Å². The quantitative estimate of drug-likeness (QED) is 0.663. The van der Waals surface area contributed by atoms with Crippen LogP contribution in [-0.2, 0) is 9.59 Å². The van der Waals surface area contributed by atoms with E-state index in [1.165, 1.54) is 13.8 Å². The molecular weight excluding hydrogens is 220 g/mol. The lowest BCUT2D eigenvalue weighted by atomic mass is 9.84. The number of carboxylic acid groups (broad SMARTS) is 1. The Hall–Kier alpha value is -1.10.